The monoisotopic (exact) mass is 384 g/mol. The van der Waals surface area contributed by atoms with E-state index in [1.165, 1.54) is 11.8 Å². The fraction of sp³-hybridized carbons (Fsp3) is 0.250. The molecule has 0 fully saturated rings. The van der Waals surface area contributed by atoms with Crippen LogP contribution in [-0.2, 0) is 0 Å². The summed E-state index contributed by atoms with van der Waals surface area (Å²) in [6.07, 6.45) is 0. The van der Waals surface area contributed by atoms with E-state index in [4.69, 9.17) is 13.9 Å². The van der Waals surface area contributed by atoms with Crippen LogP contribution in [0.5, 0.6) is 11.5 Å². The van der Waals surface area contributed by atoms with E-state index in [2.05, 4.69) is 10.2 Å². The molecule has 7 heteroatoms. The van der Waals surface area contributed by atoms with Crippen LogP contribution in [0.4, 0.5) is 0 Å². The highest BCUT2D eigenvalue weighted by Crippen LogP contribution is 2.28. The summed E-state index contributed by atoms with van der Waals surface area (Å²) in [5, 5.41) is 8.10. The quantitative estimate of drug-likeness (QED) is 0.418. The van der Waals surface area contributed by atoms with Crippen molar-refractivity contribution in [3.05, 3.63) is 54.1 Å². The van der Waals surface area contributed by atoms with E-state index in [9.17, 15) is 4.79 Å². The number of carbonyl (C=O) groups excluding carboxylic acids is 1. The Morgan fingerprint density at radius 1 is 1.07 bits per heavy atom. The predicted octanol–water partition coefficient (Wildman–Crippen LogP) is 4.51. The molecule has 1 unspecified atom stereocenters. The van der Waals surface area contributed by atoms with Crippen molar-refractivity contribution in [3.63, 3.8) is 0 Å². The first kappa shape index (κ1) is 19.0. The number of hydrogen-bond donors (Lipinski definition) is 0. The van der Waals surface area contributed by atoms with Gasteiger partial charge in [0, 0.05) is 11.1 Å². The summed E-state index contributed by atoms with van der Waals surface area (Å²) in [7, 11) is 1.59. The molecule has 0 saturated heterocycles. The fourth-order valence-corrected chi connectivity index (χ4v) is 3.19. The van der Waals surface area contributed by atoms with Gasteiger partial charge in [0.15, 0.2) is 5.78 Å². The molecule has 1 heterocycles. The lowest BCUT2D eigenvalue weighted by Gasteiger charge is -2.08. The topological polar surface area (TPSA) is 74.5 Å². The molecule has 1 aromatic heterocycles. The first-order valence-corrected chi connectivity index (χ1v) is 9.40. The van der Waals surface area contributed by atoms with E-state index in [-0.39, 0.29) is 11.0 Å². The van der Waals surface area contributed by atoms with Crippen molar-refractivity contribution < 1.29 is 18.7 Å². The lowest BCUT2D eigenvalue weighted by atomic mass is 10.1. The van der Waals surface area contributed by atoms with Crippen LogP contribution in [0.3, 0.4) is 0 Å². The summed E-state index contributed by atoms with van der Waals surface area (Å²) < 4.78 is 16.2. The van der Waals surface area contributed by atoms with Crippen LogP contribution in [0.1, 0.15) is 24.2 Å². The minimum Gasteiger partial charge on any atom is -0.497 e. The third kappa shape index (κ3) is 4.68. The Hall–Kier alpha value is -2.80. The Balaban J connectivity index is 1.66. The average Bonchev–Trinajstić information content (AvgIpc) is 3.16. The standard InChI is InChI=1S/C20H20N2O4S/c1-4-25-17-11-7-15(8-12-17)19-21-22-20(26-19)27-13(2)18(23)14-5-9-16(24-3)10-6-14/h5-13H,4H2,1-3H3. The molecule has 3 rings (SSSR count). The maximum absolute atomic E-state index is 12.6. The molecule has 3 aromatic rings. The van der Waals surface area contributed by atoms with Crippen molar-refractivity contribution in [1.82, 2.24) is 10.2 Å². The number of benzene rings is 2. The highest BCUT2D eigenvalue weighted by molar-refractivity contribution is 8.00. The summed E-state index contributed by atoms with van der Waals surface area (Å²) in [5.41, 5.74) is 1.41. The maximum atomic E-state index is 12.6. The number of hydrogen-bond acceptors (Lipinski definition) is 7. The van der Waals surface area contributed by atoms with Crippen LogP contribution in [0.2, 0.25) is 0 Å². The van der Waals surface area contributed by atoms with Crippen LogP contribution < -0.4 is 9.47 Å². The first-order valence-electron chi connectivity index (χ1n) is 8.52. The lowest BCUT2D eigenvalue weighted by molar-refractivity contribution is 0.0993. The molecule has 0 bridgehead atoms. The molecule has 0 aliphatic heterocycles. The summed E-state index contributed by atoms with van der Waals surface area (Å²) in [4.78, 5) is 12.6. The van der Waals surface area contributed by atoms with Gasteiger partial charge >= 0.3 is 0 Å². The minimum absolute atomic E-state index is 0.0107. The van der Waals surface area contributed by atoms with Gasteiger partial charge in [-0.25, -0.2) is 0 Å². The third-order valence-corrected chi connectivity index (χ3v) is 4.77. The molecule has 0 N–H and O–H groups in total. The molecule has 140 valence electrons. The third-order valence-electron chi connectivity index (χ3n) is 3.84. The summed E-state index contributed by atoms with van der Waals surface area (Å²) in [6, 6.07) is 14.5. The molecule has 6 nitrogen and oxygen atoms in total. The highest BCUT2D eigenvalue weighted by Gasteiger charge is 2.20. The number of methoxy groups -OCH3 is 1. The number of carbonyl (C=O) groups is 1. The highest BCUT2D eigenvalue weighted by atomic mass is 32.2. The van der Waals surface area contributed by atoms with Crippen LogP contribution in [-0.4, -0.2) is 34.9 Å². The molecule has 1 atom stereocenters. The molecular formula is C20H20N2O4S. The Labute approximate surface area is 161 Å². The minimum atomic E-state index is -0.355. The molecule has 2 aromatic carbocycles. The summed E-state index contributed by atoms with van der Waals surface area (Å²) in [6.45, 7) is 4.36. The van der Waals surface area contributed by atoms with Crippen molar-refractivity contribution in [2.75, 3.05) is 13.7 Å². The van der Waals surface area contributed by atoms with E-state index in [1.807, 2.05) is 38.1 Å². The SMILES string of the molecule is CCOc1ccc(-c2nnc(SC(C)C(=O)c3ccc(OC)cc3)o2)cc1. The van der Waals surface area contributed by atoms with Gasteiger partial charge in [-0.3, -0.25) is 4.79 Å². The van der Waals surface area contributed by atoms with Crippen LogP contribution in [0, 0.1) is 0 Å². The van der Waals surface area contributed by atoms with Gasteiger partial charge in [0.2, 0.25) is 5.89 Å². The lowest BCUT2D eigenvalue weighted by Crippen LogP contribution is -2.13. The number of Topliss-reactive ketones (excluding diaryl/α,β-unsaturated/α-hetero) is 1. The van der Waals surface area contributed by atoms with Crippen molar-refractivity contribution in [1.29, 1.82) is 0 Å². The van der Waals surface area contributed by atoms with Gasteiger partial charge in [0.05, 0.1) is 19.0 Å². The predicted molar refractivity (Wildman–Crippen MR) is 104 cm³/mol. The average molecular weight is 384 g/mol. The van der Waals surface area contributed by atoms with Gasteiger partial charge in [-0.15, -0.1) is 10.2 Å². The molecule has 0 aliphatic rings. The fourth-order valence-electron chi connectivity index (χ4n) is 2.43. The number of nitrogens with zero attached hydrogens (tertiary/aromatic N) is 2. The first-order chi connectivity index (χ1) is 13.1. The van der Waals surface area contributed by atoms with Crippen LogP contribution in [0.25, 0.3) is 11.5 Å². The molecule has 0 aliphatic carbocycles. The maximum Gasteiger partial charge on any atom is 0.277 e. The second-order valence-electron chi connectivity index (χ2n) is 5.68. The van der Waals surface area contributed by atoms with Crippen molar-refractivity contribution in [2.24, 2.45) is 0 Å². The van der Waals surface area contributed by atoms with Gasteiger partial charge < -0.3 is 13.9 Å². The number of rotatable bonds is 8. The zero-order valence-electron chi connectivity index (χ0n) is 15.3. The molecule has 0 amide bonds. The Morgan fingerprint density at radius 3 is 2.37 bits per heavy atom. The normalized spacial score (nSPS) is 11.8. The summed E-state index contributed by atoms with van der Waals surface area (Å²) >= 11 is 1.24. The molecular weight excluding hydrogens is 364 g/mol. The second-order valence-corrected chi connectivity index (χ2v) is 6.98. The van der Waals surface area contributed by atoms with Gasteiger partial charge in [-0.05, 0) is 62.4 Å². The van der Waals surface area contributed by atoms with Crippen LogP contribution >= 0.6 is 11.8 Å². The smallest absolute Gasteiger partial charge is 0.277 e. The number of aromatic nitrogens is 2. The Bertz CT molecular complexity index is 891. The Kier molecular flexibility index (Phi) is 6.13. The molecule has 0 radical (unpaired) electrons. The van der Waals surface area contributed by atoms with E-state index in [0.29, 0.717) is 29.0 Å². The van der Waals surface area contributed by atoms with Crippen molar-refractivity contribution in [2.45, 2.75) is 24.3 Å². The van der Waals surface area contributed by atoms with Gasteiger partial charge in [0.25, 0.3) is 5.22 Å². The van der Waals surface area contributed by atoms with E-state index in [0.717, 1.165) is 11.3 Å². The Morgan fingerprint density at radius 2 is 1.74 bits per heavy atom. The van der Waals surface area contributed by atoms with Gasteiger partial charge in [-0.1, -0.05) is 11.8 Å². The number of ether oxygens (including phenoxy) is 2. The van der Waals surface area contributed by atoms with Crippen molar-refractivity contribution >= 4 is 17.5 Å². The van der Waals surface area contributed by atoms with Crippen LogP contribution in [0.15, 0.2) is 58.2 Å². The zero-order chi connectivity index (χ0) is 19.2. The second kappa shape index (κ2) is 8.73. The number of ketones is 1. The molecule has 0 saturated carbocycles. The molecule has 0 spiro atoms. The number of thioether (sulfide) groups is 1. The van der Waals surface area contributed by atoms with E-state index in [1.54, 1.807) is 31.4 Å². The van der Waals surface area contributed by atoms with E-state index < -0.39 is 0 Å². The van der Waals surface area contributed by atoms with E-state index >= 15 is 0 Å². The van der Waals surface area contributed by atoms with Crippen molar-refractivity contribution in [3.8, 4) is 23.0 Å². The largest absolute Gasteiger partial charge is 0.497 e. The molecule has 27 heavy (non-hydrogen) atoms. The zero-order valence-corrected chi connectivity index (χ0v) is 16.2. The van der Waals surface area contributed by atoms with Gasteiger partial charge in [-0.2, -0.15) is 0 Å². The van der Waals surface area contributed by atoms with Gasteiger partial charge in [0.1, 0.15) is 11.5 Å². The summed E-state index contributed by atoms with van der Waals surface area (Å²) in [5.74, 6) is 1.89.